The number of carbonyl (C=O) groups is 1. The summed E-state index contributed by atoms with van der Waals surface area (Å²) in [5, 5.41) is 4.20. The molecule has 26 heavy (non-hydrogen) atoms. The minimum Gasteiger partial charge on any atom is -0.353 e. The van der Waals surface area contributed by atoms with Crippen LogP contribution in [-0.4, -0.2) is 56.7 Å². The number of nitrogens with zero attached hydrogens (tertiary/aromatic N) is 6. The number of halogens is 1. The van der Waals surface area contributed by atoms with Crippen LogP contribution in [0.1, 0.15) is 10.4 Å². The molecule has 0 spiro atoms. The van der Waals surface area contributed by atoms with Gasteiger partial charge in [-0.05, 0) is 24.3 Å². The SMILES string of the molecule is O=C(c1cccc(Br)c1)N1CCN(c2cc(-n3cccn3)ncn2)CC1. The lowest BCUT2D eigenvalue weighted by Crippen LogP contribution is -2.49. The van der Waals surface area contributed by atoms with E-state index in [4.69, 9.17) is 0 Å². The Labute approximate surface area is 159 Å². The summed E-state index contributed by atoms with van der Waals surface area (Å²) < 4.78 is 2.62. The van der Waals surface area contributed by atoms with E-state index >= 15 is 0 Å². The standard InChI is InChI=1S/C18H17BrN6O/c19-15-4-1-3-14(11-15)18(26)24-9-7-23(8-10-24)16-12-17(21-13-20-16)25-6-2-5-22-25/h1-6,11-13H,7-10H2. The second kappa shape index (κ2) is 7.25. The summed E-state index contributed by atoms with van der Waals surface area (Å²) in [5.41, 5.74) is 0.704. The van der Waals surface area contributed by atoms with Crippen molar-refractivity contribution in [1.29, 1.82) is 0 Å². The van der Waals surface area contributed by atoms with E-state index in [0.717, 1.165) is 29.2 Å². The van der Waals surface area contributed by atoms with Crippen LogP contribution in [0.3, 0.4) is 0 Å². The first-order valence-corrected chi connectivity index (χ1v) is 9.12. The quantitative estimate of drug-likeness (QED) is 0.660. The number of amides is 1. The molecule has 132 valence electrons. The number of carbonyl (C=O) groups excluding carboxylic acids is 1. The molecule has 3 aromatic rings. The smallest absolute Gasteiger partial charge is 0.254 e. The molecule has 2 aromatic heterocycles. The Morgan fingerprint density at radius 3 is 2.54 bits per heavy atom. The van der Waals surface area contributed by atoms with Gasteiger partial charge in [0.1, 0.15) is 12.1 Å². The largest absolute Gasteiger partial charge is 0.353 e. The molecule has 0 radical (unpaired) electrons. The van der Waals surface area contributed by atoms with Crippen molar-refractivity contribution in [1.82, 2.24) is 24.6 Å². The maximum atomic E-state index is 12.7. The van der Waals surface area contributed by atoms with Gasteiger partial charge < -0.3 is 9.80 Å². The normalized spacial score (nSPS) is 14.5. The number of hydrogen-bond donors (Lipinski definition) is 0. The van der Waals surface area contributed by atoms with Crippen molar-refractivity contribution in [3.63, 3.8) is 0 Å². The minimum absolute atomic E-state index is 0.0610. The van der Waals surface area contributed by atoms with Gasteiger partial charge in [0.25, 0.3) is 5.91 Å². The topological polar surface area (TPSA) is 67.2 Å². The van der Waals surface area contributed by atoms with Crippen molar-refractivity contribution >= 4 is 27.7 Å². The number of anilines is 1. The van der Waals surface area contributed by atoms with E-state index < -0.39 is 0 Å². The van der Waals surface area contributed by atoms with Crippen LogP contribution in [0.5, 0.6) is 0 Å². The highest BCUT2D eigenvalue weighted by atomic mass is 79.9. The van der Waals surface area contributed by atoms with E-state index in [1.54, 1.807) is 17.2 Å². The van der Waals surface area contributed by atoms with Gasteiger partial charge in [-0.2, -0.15) is 5.10 Å². The molecule has 7 nitrogen and oxygen atoms in total. The number of hydrogen-bond acceptors (Lipinski definition) is 5. The monoisotopic (exact) mass is 412 g/mol. The molecule has 4 rings (SSSR count). The van der Waals surface area contributed by atoms with E-state index in [9.17, 15) is 4.79 Å². The van der Waals surface area contributed by atoms with E-state index in [0.29, 0.717) is 18.7 Å². The zero-order valence-corrected chi connectivity index (χ0v) is 15.6. The first-order valence-electron chi connectivity index (χ1n) is 8.32. The van der Waals surface area contributed by atoms with E-state index in [1.165, 1.54) is 0 Å². The Morgan fingerprint density at radius 1 is 1.00 bits per heavy atom. The summed E-state index contributed by atoms with van der Waals surface area (Å²) in [4.78, 5) is 25.3. The molecule has 8 heteroatoms. The van der Waals surface area contributed by atoms with Crippen LogP contribution in [0.2, 0.25) is 0 Å². The zero-order valence-electron chi connectivity index (χ0n) is 14.0. The Hall–Kier alpha value is -2.74. The van der Waals surface area contributed by atoms with Crippen LogP contribution < -0.4 is 4.90 Å². The first-order chi connectivity index (χ1) is 12.7. The van der Waals surface area contributed by atoms with Gasteiger partial charge in [-0.1, -0.05) is 22.0 Å². The molecule has 0 saturated carbocycles. The summed E-state index contributed by atoms with van der Waals surface area (Å²) in [7, 11) is 0. The lowest BCUT2D eigenvalue weighted by atomic mass is 10.2. The third-order valence-electron chi connectivity index (χ3n) is 4.34. The van der Waals surface area contributed by atoms with Crippen molar-refractivity contribution in [2.45, 2.75) is 0 Å². The molecule has 0 N–H and O–H groups in total. The second-order valence-corrected chi connectivity index (χ2v) is 6.89. The van der Waals surface area contributed by atoms with Gasteiger partial charge in [0.05, 0.1) is 0 Å². The highest BCUT2D eigenvalue weighted by molar-refractivity contribution is 9.10. The third-order valence-corrected chi connectivity index (χ3v) is 4.83. The molecule has 1 aliphatic heterocycles. The highest BCUT2D eigenvalue weighted by Crippen LogP contribution is 2.18. The van der Waals surface area contributed by atoms with Gasteiger partial charge in [0.2, 0.25) is 0 Å². The molecule has 0 atom stereocenters. The molecule has 1 saturated heterocycles. The fraction of sp³-hybridized carbons (Fsp3) is 0.222. The van der Waals surface area contributed by atoms with Crippen molar-refractivity contribution in [2.24, 2.45) is 0 Å². The fourth-order valence-corrected chi connectivity index (χ4v) is 3.38. The van der Waals surface area contributed by atoms with Gasteiger partial charge in [-0.15, -0.1) is 0 Å². The molecular formula is C18H17BrN6O. The van der Waals surface area contributed by atoms with Crippen molar-refractivity contribution in [2.75, 3.05) is 31.1 Å². The lowest BCUT2D eigenvalue weighted by molar-refractivity contribution is 0.0746. The van der Waals surface area contributed by atoms with E-state index in [2.05, 4.69) is 35.9 Å². The Bertz CT molecular complexity index is 906. The number of aromatic nitrogens is 4. The molecule has 3 heterocycles. The van der Waals surface area contributed by atoms with Gasteiger partial charge in [-0.3, -0.25) is 4.79 Å². The molecule has 1 aromatic carbocycles. The molecule has 1 aliphatic rings. The summed E-state index contributed by atoms with van der Waals surface area (Å²) in [6, 6.07) is 11.3. The molecule has 0 bridgehead atoms. The van der Waals surface area contributed by atoms with E-state index in [1.807, 2.05) is 47.5 Å². The maximum absolute atomic E-state index is 12.7. The van der Waals surface area contributed by atoms with Crippen LogP contribution in [-0.2, 0) is 0 Å². The minimum atomic E-state index is 0.0610. The summed E-state index contributed by atoms with van der Waals surface area (Å²) >= 11 is 3.42. The van der Waals surface area contributed by atoms with Crippen molar-refractivity contribution in [3.8, 4) is 5.82 Å². The van der Waals surface area contributed by atoms with Crippen molar-refractivity contribution in [3.05, 3.63) is 65.2 Å². The molecule has 0 aliphatic carbocycles. The number of benzene rings is 1. The fourth-order valence-electron chi connectivity index (χ4n) is 2.98. The molecule has 1 amide bonds. The molecular weight excluding hydrogens is 396 g/mol. The van der Waals surface area contributed by atoms with E-state index in [-0.39, 0.29) is 5.91 Å². The van der Waals surface area contributed by atoms with Gasteiger partial charge >= 0.3 is 0 Å². The number of piperazine rings is 1. The zero-order chi connectivity index (χ0) is 17.9. The van der Waals surface area contributed by atoms with Crippen LogP contribution in [0.25, 0.3) is 5.82 Å². The predicted octanol–water partition coefficient (Wildman–Crippen LogP) is 2.39. The average molecular weight is 413 g/mol. The predicted molar refractivity (Wildman–Crippen MR) is 101 cm³/mol. The van der Waals surface area contributed by atoms with Crippen LogP contribution >= 0.6 is 15.9 Å². The average Bonchev–Trinajstić information content (AvgIpc) is 3.23. The first kappa shape index (κ1) is 16.7. The summed E-state index contributed by atoms with van der Waals surface area (Å²) in [5.74, 6) is 1.64. The number of rotatable bonds is 3. The second-order valence-electron chi connectivity index (χ2n) is 5.97. The van der Waals surface area contributed by atoms with Crippen molar-refractivity contribution < 1.29 is 4.79 Å². The van der Waals surface area contributed by atoms with Gasteiger partial charge in [0.15, 0.2) is 5.82 Å². The van der Waals surface area contributed by atoms with Crippen LogP contribution in [0.4, 0.5) is 5.82 Å². The Kier molecular flexibility index (Phi) is 4.66. The van der Waals surface area contributed by atoms with Gasteiger partial charge in [0, 0.05) is 54.7 Å². The molecule has 1 fully saturated rings. The maximum Gasteiger partial charge on any atom is 0.254 e. The third kappa shape index (κ3) is 3.45. The van der Waals surface area contributed by atoms with Crippen LogP contribution in [0, 0.1) is 0 Å². The summed E-state index contributed by atoms with van der Waals surface area (Å²) in [6.45, 7) is 2.78. The summed E-state index contributed by atoms with van der Waals surface area (Å²) in [6.07, 6.45) is 5.11. The highest BCUT2D eigenvalue weighted by Gasteiger charge is 2.23. The lowest BCUT2D eigenvalue weighted by Gasteiger charge is -2.35. The Balaban J connectivity index is 1.44. The van der Waals surface area contributed by atoms with Gasteiger partial charge in [-0.25, -0.2) is 14.6 Å². The van der Waals surface area contributed by atoms with Crippen LogP contribution in [0.15, 0.2) is 59.6 Å². The Morgan fingerprint density at radius 2 is 1.81 bits per heavy atom. The molecule has 0 unspecified atom stereocenters.